The van der Waals surface area contributed by atoms with E-state index in [-0.39, 0.29) is 5.91 Å². The van der Waals surface area contributed by atoms with Gasteiger partial charge in [0.05, 0.1) is 12.3 Å². The van der Waals surface area contributed by atoms with Gasteiger partial charge in [0.15, 0.2) is 11.4 Å². The Kier molecular flexibility index (Phi) is 3.74. The van der Waals surface area contributed by atoms with Gasteiger partial charge in [0.2, 0.25) is 0 Å². The van der Waals surface area contributed by atoms with Crippen LogP contribution in [-0.2, 0) is 6.42 Å². The third-order valence-electron chi connectivity index (χ3n) is 2.93. The van der Waals surface area contributed by atoms with Gasteiger partial charge in [-0.2, -0.15) is 0 Å². The van der Waals surface area contributed by atoms with Crippen molar-refractivity contribution in [1.82, 2.24) is 14.3 Å². The highest BCUT2D eigenvalue weighted by atomic mass is 16.5. The number of fused-ring (bicyclic) bond motifs is 1. The van der Waals surface area contributed by atoms with Gasteiger partial charge < -0.3 is 9.64 Å². The van der Waals surface area contributed by atoms with E-state index in [0.29, 0.717) is 30.1 Å². The summed E-state index contributed by atoms with van der Waals surface area (Å²) in [6.07, 6.45) is 2.56. The minimum Gasteiger partial charge on any atom is -0.490 e. The number of rotatable bonds is 4. The second kappa shape index (κ2) is 5.30. The monoisotopic (exact) mass is 261 g/mol. The van der Waals surface area contributed by atoms with Crippen LogP contribution in [0.25, 0.3) is 5.65 Å². The summed E-state index contributed by atoms with van der Waals surface area (Å²) in [5.74, 6) is 0.663. The summed E-state index contributed by atoms with van der Waals surface area (Å²) >= 11 is 0. The summed E-state index contributed by atoms with van der Waals surface area (Å²) < 4.78 is 7.38. The second-order valence-corrected chi connectivity index (χ2v) is 4.46. The number of hydrogen-bond acceptors (Lipinski definition) is 3. The Morgan fingerprint density at radius 3 is 2.74 bits per heavy atom. The standard InChI is InChI=1S/C14H19N3O2/c1-5-10-12(14(18)16(3)4)17-9-7-8-11(19-6-2)13(17)15-10/h7-9H,5-6H2,1-4H3. The quantitative estimate of drug-likeness (QED) is 0.845. The van der Waals surface area contributed by atoms with E-state index in [4.69, 9.17) is 4.74 Å². The minimum atomic E-state index is -0.0435. The maximum Gasteiger partial charge on any atom is 0.272 e. The molecule has 1 amide bonds. The molecule has 0 bridgehead atoms. The molecule has 5 nitrogen and oxygen atoms in total. The van der Waals surface area contributed by atoms with Crippen LogP contribution < -0.4 is 4.74 Å². The van der Waals surface area contributed by atoms with E-state index in [1.807, 2.05) is 36.6 Å². The minimum absolute atomic E-state index is 0.0435. The number of pyridine rings is 1. The summed E-state index contributed by atoms with van der Waals surface area (Å²) in [4.78, 5) is 18.4. The molecule has 2 heterocycles. The fourth-order valence-electron chi connectivity index (χ4n) is 2.04. The number of amides is 1. The van der Waals surface area contributed by atoms with Gasteiger partial charge in [0, 0.05) is 20.3 Å². The van der Waals surface area contributed by atoms with Gasteiger partial charge >= 0.3 is 0 Å². The zero-order valence-corrected chi connectivity index (χ0v) is 11.8. The molecule has 2 aromatic rings. The zero-order valence-electron chi connectivity index (χ0n) is 11.8. The van der Waals surface area contributed by atoms with Gasteiger partial charge in [-0.25, -0.2) is 4.98 Å². The number of hydrogen-bond donors (Lipinski definition) is 0. The summed E-state index contributed by atoms with van der Waals surface area (Å²) in [7, 11) is 3.49. The van der Waals surface area contributed by atoms with E-state index in [2.05, 4.69) is 4.98 Å². The topological polar surface area (TPSA) is 46.8 Å². The van der Waals surface area contributed by atoms with Crippen LogP contribution in [0.4, 0.5) is 0 Å². The molecule has 0 aliphatic heterocycles. The van der Waals surface area contributed by atoms with Crippen LogP contribution in [0, 0.1) is 0 Å². The molecule has 0 saturated carbocycles. The van der Waals surface area contributed by atoms with Gasteiger partial charge in [-0.15, -0.1) is 0 Å². The molecule has 0 aliphatic rings. The molecular formula is C14H19N3O2. The highest BCUT2D eigenvalue weighted by Crippen LogP contribution is 2.23. The molecule has 0 saturated heterocycles. The smallest absolute Gasteiger partial charge is 0.272 e. The first-order chi connectivity index (χ1) is 9.10. The first-order valence-electron chi connectivity index (χ1n) is 6.44. The first-order valence-corrected chi connectivity index (χ1v) is 6.44. The molecule has 0 N–H and O–H groups in total. The van der Waals surface area contributed by atoms with Gasteiger partial charge in [0.25, 0.3) is 5.91 Å². The normalized spacial score (nSPS) is 10.7. The van der Waals surface area contributed by atoms with Crippen molar-refractivity contribution in [3.05, 3.63) is 29.7 Å². The van der Waals surface area contributed by atoms with Gasteiger partial charge in [0.1, 0.15) is 5.69 Å². The molecule has 0 spiro atoms. The number of imidazole rings is 1. The number of aromatic nitrogens is 2. The highest BCUT2D eigenvalue weighted by Gasteiger charge is 2.21. The summed E-state index contributed by atoms with van der Waals surface area (Å²) in [6.45, 7) is 4.50. The van der Waals surface area contributed by atoms with E-state index in [1.165, 1.54) is 0 Å². The van der Waals surface area contributed by atoms with Crippen LogP contribution in [-0.4, -0.2) is 40.9 Å². The predicted octanol–water partition coefficient (Wildman–Crippen LogP) is 2.00. The summed E-state index contributed by atoms with van der Waals surface area (Å²) in [5, 5.41) is 0. The van der Waals surface area contributed by atoms with E-state index < -0.39 is 0 Å². The first kappa shape index (κ1) is 13.4. The largest absolute Gasteiger partial charge is 0.490 e. The van der Waals surface area contributed by atoms with Crippen molar-refractivity contribution in [2.24, 2.45) is 0 Å². The van der Waals surface area contributed by atoms with Gasteiger partial charge in [-0.05, 0) is 25.5 Å². The SMILES string of the molecule is CCOc1cccn2c(C(=O)N(C)C)c(CC)nc12. The molecule has 102 valence electrons. The molecule has 19 heavy (non-hydrogen) atoms. The third-order valence-corrected chi connectivity index (χ3v) is 2.93. The van der Waals surface area contributed by atoms with Crippen molar-refractivity contribution in [2.75, 3.05) is 20.7 Å². The van der Waals surface area contributed by atoms with Gasteiger partial charge in [-0.1, -0.05) is 6.92 Å². The Labute approximate surface area is 112 Å². The Morgan fingerprint density at radius 2 is 2.16 bits per heavy atom. The molecule has 0 aromatic carbocycles. The summed E-state index contributed by atoms with van der Waals surface area (Å²) in [5.41, 5.74) is 2.11. The molecule has 0 unspecified atom stereocenters. The van der Waals surface area contributed by atoms with Crippen molar-refractivity contribution in [3.63, 3.8) is 0 Å². The van der Waals surface area contributed by atoms with E-state index in [9.17, 15) is 4.79 Å². The van der Waals surface area contributed by atoms with Crippen molar-refractivity contribution in [1.29, 1.82) is 0 Å². The van der Waals surface area contributed by atoms with Gasteiger partial charge in [-0.3, -0.25) is 9.20 Å². The third kappa shape index (κ3) is 2.28. The van der Waals surface area contributed by atoms with E-state index >= 15 is 0 Å². The lowest BCUT2D eigenvalue weighted by Crippen LogP contribution is -2.24. The number of carbonyl (C=O) groups is 1. The number of nitrogens with zero attached hydrogens (tertiary/aromatic N) is 3. The average Bonchev–Trinajstić information content (AvgIpc) is 2.77. The van der Waals surface area contributed by atoms with Crippen LogP contribution in [0.5, 0.6) is 5.75 Å². The van der Waals surface area contributed by atoms with Crippen LogP contribution >= 0.6 is 0 Å². The van der Waals surface area contributed by atoms with Crippen molar-refractivity contribution < 1.29 is 9.53 Å². The molecule has 0 fully saturated rings. The van der Waals surface area contributed by atoms with Crippen LogP contribution in [0.1, 0.15) is 30.0 Å². The molecule has 0 aliphatic carbocycles. The Morgan fingerprint density at radius 1 is 1.42 bits per heavy atom. The number of ether oxygens (including phenoxy) is 1. The zero-order chi connectivity index (χ0) is 14.0. The van der Waals surface area contributed by atoms with Crippen molar-refractivity contribution in [2.45, 2.75) is 20.3 Å². The van der Waals surface area contributed by atoms with E-state index in [1.54, 1.807) is 19.0 Å². The average molecular weight is 261 g/mol. The predicted molar refractivity (Wildman–Crippen MR) is 73.8 cm³/mol. The Hall–Kier alpha value is -2.04. The van der Waals surface area contributed by atoms with Crippen molar-refractivity contribution >= 4 is 11.6 Å². The van der Waals surface area contributed by atoms with Crippen LogP contribution in [0.2, 0.25) is 0 Å². The lowest BCUT2D eigenvalue weighted by molar-refractivity contribution is 0.0820. The fraction of sp³-hybridized carbons (Fsp3) is 0.429. The number of aryl methyl sites for hydroxylation is 1. The molecular weight excluding hydrogens is 242 g/mol. The van der Waals surface area contributed by atoms with Crippen LogP contribution in [0.15, 0.2) is 18.3 Å². The molecule has 2 rings (SSSR count). The number of carbonyl (C=O) groups excluding carboxylic acids is 1. The molecule has 0 atom stereocenters. The highest BCUT2D eigenvalue weighted by molar-refractivity contribution is 5.94. The van der Waals surface area contributed by atoms with Crippen LogP contribution in [0.3, 0.4) is 0 Å². The lowest BCUT2D eigenvalue weighted by Gasteiger charge is -2.11. The molecule has 5 heteroatoms. The fourth-order valence-corrected chi connectivity index (χ4v) is 2.04. The Balaban J connectivity index is 2.68. The maximum atomic E-state index is 12.3. The second-order valence-electron chi connectivity index (χ2n) is 4.46. The Bertz CT molecular complexity index is 602. The molecule has 2 aromatic heterocycles. The maximum absolute atomic E-state index is 12.3. The van der Waals surface area contributed by atoms with Crippen molar-refractivity contribution in [3.8, 4) is 5.75 Å². The molecule has 0 radical (unpaired) electrons. The summed E-state index contributed by atoms with van der Waals surface area (Å²) in [6, 6.07) is 3.74. The van der Waals surface area contributed by atoms with E-state index in [0.717, 1.165) is 5.69 Å². The lowest BCUT2D eigenvalue weighted by atomic mass is 10.2.